The molecule has 0 spiro atoms. The minimum atomic E-state index is -0.147. The normalized spacial score (nSPS) is 8.83. The van der Waals surface area contributed by atoms with Gasteiger partial charge in [0.25, 0.3) is 0 Å². The summed E-state index contributed by atoms with van der Waals surface area (Å²) in [6.45, 7) is 0.690. The number of esters is 1. The van der Waals surface area contributed by atoms with E-state index < -0.39 is 0 Å². The van der Waals surface area contributed by atoms with Crippen molar-refractivity contribution in [3.63, 3.8) is 0 Å². The number of carbonyl (C=O) groups excluding carboxylic acids is 1. The second-order valence-electron chi connectivity index (χ2n) is 1.76. The molecule has 0 atom stereocenters. The fourth-order valence-electron chi connectivity index (χ4n) is 0.393. The minimum absolute atomic E-state index is 0. The zero-order valence-electron chi connectivity index (χ0n) is 6.95. The third-order valence-corrected chi connectivity index (χ3v) is 3.34. The van der Waals surface area contributed by atoms with E-state index in [2.05, 4.69) is 4.74 Å². The van der Waals surface area contributed by atoms with E-state index in [1.165, 1.54) is 7.11 Å². The van der Waals surface area contributed by atoms with Crippen LogP contribution in [0.4, 0.5) is 0 Å². The maximum Gasteiger partial charge on any atom is 0.306 e. The SMILES string of the molecule is COC(=O)CCSSCCN.Cl. The summed E-state index contributed by atoms with van der Waals surface area (Å²) in [5.74, 6) is 1.59. The van der Waals surface area contributed by atoms with Gasteiger partial charge in [0.05, 0.1) is 13.5 Å². The molecule has 0 aromatic carbocycles. The maximum atomic E-state index is 10.6. The lowest BCUT2D eigenvalue weighted by atomic mass is 10.5. The average molecular weight is 232 g/mol. The largest absolute Gasteiger partial charge is 0.469 e. The highest BCUT2D eigenvalue weighted by Crippen LogP contribution is 2.20. The Balaban J connectivity index is 0. The number of methoxy groups -OCH3 is 1. The van der Waals surface area contributed by atoms with Gasteiger partial charge in [-0.2, -0.15) is 0 Å². The van der Waals surface area contributed by atoms with E-state index in [0.717, 1.165) is 11.5 Å². The van der Waals surface area contributed by atoms with Crippen LogP contribution in [0.25, 0.3) is 0 Å². The zero-order valence-corrected chi connectivity index (χ0v) is 9.40. The first-order valence-corrected chi connectivity index (χ1v) is 5.81. The highest BCUT2D eigenvalue weighted by Gasteiger charge is 1.98. The molecule has 2 N–H and O–H groups in total. The number of rotatable bonds is 6. The third-order valence-electron chi connectivity index (χ3n) is 0.902. The molecule has 0 heterocycles. The number of halogens is 1. The molecule has 12 heavy (non-hydrogen) atoms. The van der Waals surface area contributed by atoms with Crippen LogP contribution in [0.2, 0.25) is 0 Å². The van der Waals surface area contributed by atoms with Gasteiger partial charge in [-0.25, -0.2) is 0 Å². The summed E-state index contributed by atoms with van der Waals surface area (Å²) < 4.78 is 4.47. The summed E-state index contributed by atoms with van der Waals surface area (Å²) in [4.78, 5) is 10.6. The van der Waals surface area contributed by atoms with Gasteiger partial charge < -0.3 is 10.5 Å². The number of ether oxygens (including phenoxy) is 1. The molecular formula is C6H14ClNO2S2. The van der Waals surface area contributed by atoms with Crippen LogP contribution in [0.5, 0.6) is 0 Å². The molecule has 0 bridgehead atoms. The topological polar surface area (TPSA) is 52.3 Å². The van der Waals surface area contributed by atoms with Crippen molar-refractivity contribution in [1.82, 2.24) is 0 Å². The lowest BCUT2D eigenvalue weighted by molar-refractivity contribution is -0.140. The standard InChI is InChI=1S/C6H13NO2S2.ClH/c1-9-6(8)2-4-10-11-5-3-7;/h2-5,7H2,1H3;1H. The summed E-state index contributed by atoms with van der Waals surface area (Å²) in [5.41, 5.74) is 5.27. The van der Waals surface area contributed by atoms with E-state index in [9.17, 15) is 4.79 Å². The van der Waals surface area contributed by atoms with E-state index in [1.54, 1.807) is 21.6 Å². The monoisotopic (exact) mass is 231 g/mol. The Kier molecular flexibility index (Phi) is 14.2. The molecule has 0 radical (unpaired) electrons. The third kappa shape index (κ3) is 10.4. The molecule has 0 aliphatic carbocycles. The Labute approximate surface area is 87.0 Å². The summed E-state index contributed by atoms with van der Waals surface area (Å²) in [6, 6.07) is 0. The van der Waals surface area contributed by atoms with Gasteiger partial charge in [0.15, 0.2) is 0 Å². The van der Waals surface area contributed by atoms with E-state index >= 15 is 0 Å². The highest BCUT2D eigenvalue weighted by atomic mass is 35.5. The van der Waals surface area contributed by atoms with Gasteiger partial charge in [0.2, 0.25) is 0 Å². The van der Waals surface area contributed by atoms with Gasteiger partial charge in [-0.3, -0.25) is 4.79 Å². The highest BCUT2D eigenvalue weighted by molar-refractivity contribution is 8.76. The Morgan fingerprint density at radius 3 is 2.50 bits per heavy atom. The number of hydrogen-bond donors (Lipinski definition) is 1. The van der Waals surface area contributed by atoms with Gasteiger partial charge in [0, 0.05) is 18.1 Å². The van der Waals surface area contributed by atoms with Gasteiger partial charge in [-0.05, 0) is 0 Å². The Morgan fingerprint density at radius 1 is 1.42 bits per heavy atom. The van der Waals surface area contributed by atoms with Crippen LogP contribution in [0.15, 0.2) is 0 Å². The molecule has 0 aliphatic rings. The zero-order chi connectivity index (χ0) is 8.53. The van der Waals surface area contributed by atoms with E-state index in [0.29, 0.717) is 13.0 Å². The lowest BCUT2D eigenvalue weighted by Crippen LogP contribution is -2.02. The molecular weight excluding hydrogens is 218 g/mol. The molecule has 0 aliphatic heterocycles. The summed E-state index contributed by atoms with van der Waals surface area (Å²) in [6.07, 6.45) is 0.485. The van der Waals surface area contributed by atoms with Gasteiger partial charge in [-0.15, -0.1) is 12.4 Å². The smallest absolute Gasteiger partial charge is 0.306 e. The van der Waals surface area contributed by atoms with Gasteiger partial charge in [-0.1, -0.05) is 21.6 Å². The first-order chi connectivity index (χ1) is 5.31. The molecule has 0 aromatic rings. The fraction of sp³-hybridized carbons (Fsp3) is 0.833. The fourth-order valence-corrected chi connectivity index (χ4v) is 2.22. The molecule has 0 saturated carbocycles. The van der Waals surface area contributed by atoms with E-state index in [-0.39, 0.29) is 18.4 Å². The second-order valence-corrected chi connectivity index (χ2v) is 4.46. The Hall–Kier alpha value is 0.420. The maximum absolute atomic E-state index is 10.6. The molecule has 3 nitrogen and oxygen atoms in total. The molecule has 6 heteroatoms. The first kappa shape index (κ1) is 14.9. The van der Waals surface area contributed by atoms with Crippen LogP contribution in [-0.2, 0) is 9.53 Å². The van der Waals surface area contributed by atoms with E-state index in [1.807, 2.05) is 0 Å². The summed E-state index contributed by atoms with van der Waals surface area (Å²) in [7, 11) is 4.75. The summed E-state index contributed by atoms with van der Waals surface area (Å²) >= 11 is 0. The van der Waals surface area contributed by atoms with Crippen molar-refractivity contribution in [2.45, 2.75) is 6.42 Å². The van der Waals surface area contributed by atoms with Crippen molar-refractivity contribution in [3.05, 3.63) is 0 Å². The Bertz CT molecular complexity index is 116. The molecule has 0 unspecified atom stereocenters. The van der Waals surface area contributed by atoms with Crippen molar-refractivity contribution in [2.24, 2.45) is 5.73 Å². The Morgan fingerprint density at radius 2 is 2.00 bits per heavy atom. The number of hydrogen-bond acceptors (Lipinski definition) is 5. The molecule has 0 rings (SSSR count). The first-order valence-electron chi connectivity index (χ1n) is 3.32. The second kappa shape index (κ2) is 11.4. The van der Waals surface area contributed by atoms with Crippen LogP contribution in [0.1, 0.15) is 6.42 Å². The van der Waals surface area contributed by atoms with Crippen molar-refractivity contribution in [2.75, 3.05) is 25.2 Å². The minimum Gasteiger partial charge on any atom is -0.469 e. The molecule has 74 valence electrons. The summed E-state index contributed by atoms with van der Waals surface area (Å²) in [5, 5.41) is 0. The van der Waals surface area contributed by atoms with Crippen LogP contribution < -0.4 is 5.73 Å². The molecule has 0 fully saturated rings. The van der Waals surface area contributed by atoms with Gasteiger partial charge >= 0.3 is 5.97 Å². The van der Waals surface area contributed by atoms with Crippen molar-refractivity contribution >= 4 is 40.0 Å². The number of carbonyl (C=O) groups is 1. The molecule has 0 saturated heterocycles. The molecule has 0 amide bonds. The predicted molar refractivity (Wildman–Crippen MR) is 57.9 cm³/mol. The van der Waals surface area contributed by atoms with Crippen LogP contribution in [0, 0.1) is 0 Å². The van der Waals surface area contributed by atoms with Crippen LogP contribution in [0.3, 0.4) is 0 Å². The quantitative estimate of drug-likeness (QED) is 0.425. The average Bonchev–Trinajstić information content (AvgIpc) is 2.04. The van der Waals surface area contributed by atoms with Crippen LogP contribution in [-0.4, -0.2) is 31.1 Å². The van der Waals surface area contributed by atoms with Gasteiger partial charge in [0.1, 0.15) is 0 Å². The van der Waals surface area contributed by atoms with Crippen molar-refractivity contribution < 1.29 is 9.53 Å². The van der Waals surface area contributed by atoms with E-state index in [4.69, 9.17) is 5.73 Å². The number of nitrogens with two attached hydrogens (primary N) is 1. The van der Waals surface area contributed by atoms with Crippen molar-refractivity contribution in [3.8, 4) is 0 Å². The van der Waals surface area contributed by atoms with Crippen LogP contribution >= 0.6 is 34.0 Å². The van der Waals surface area contributed by atoms with Crippen molar-refractivity contribution in [1.29, 1.82) is 0 Å². The lowest BCUT2D eigenvalue weighted by Gasteiger charge is -1.98. The molecule has 0 aromatic heterocycles. The predicted octanol–water partition coefficient (Wildman–Crippen LogP) is 1.31.